The Morgan fingerprint density at radius 1 is 0.938 bits per heavy atom. The van der Waals surface area contributed by atoms with Crippen LogP contribution in [0, 0.1) is 23.2 Å². The summed E-state index contributed by atoms with van der Waals surface area (Å²) in [6, 6.07) is 6.16. The summed E-state index contributed by atoms with van der Waals surface area (Å²) in [6.07, 6.45) is 19.5. The molecule has 2 N–H and O–H groups in total. The molecule has 0 aromatic heterocycles. The zero-order valence-electron chi connectivity index (χ0n) is 20.2. The molecule has 3 aliphatic carbocycles. The predicted molar refractivity (Wildman–Crippen MR) is 143 cm³/mol. The van der Waals surface area contributed by atoms with Gasteiger partial charge < -0.3 is 10.2 Å². The molecule has 3 heteroatoms. The van der Waals surface area contributed by atoms with Crippen molar-refractivity contribution >= 4 is 22.6 Å². The lowest BCUT2D eigenvalue weighted by molar-refractivity contribution is -0.0396. The Balaban J connectivity index is 1.34. The van der Waals surface area contributed by atoms with Gasteiger partial charge in [0.1, 0.15) is 5.75 Å². The van der Waals surface area contributed by atoms with Crippen LogP contribution < -0.4 is 0 Å². The summed E-state index contributed by atoms with van der Waals surface area (Å²) in [4.78, 5) is 0. The molecule has 2 saturated carbocycles. The molecule has 1 aromatic rings. The molecular formula is C29H45IO2. The first kappa shape index (κ1) is 24.8. The van der Waals surface area contributed by atoms with Crippen molar-refractivity contribution in [1.29, 1.82) is 0 Å². The minimum Gasteiger partial charge on any atom is -0.508 e. The Kier molecular flexibility index (Phi) is 8.86. The minimum atomic E-state index is -0.104. The fourth-order valence-electron chi connectivity index (χ4n) is 7.77. The number of aliphatic hydroxyl groups excluding tert-OH is 1. The topological polar surface area (TPSA) is 40.5 Å². The second-order valence-electron chi connectivity index (χ2n) is 11.4. The third-order valence-electron chi connectivity index (χ3n) is 9.54. The molecule has 0 saturated heterocycles. The van der Waals surface area contributed by atoms with E-state index in [-0.39, 0.29) is 11.5 Å². The Morgan fingerprint density at radius 2 is 1.62 bits per heavy atom. The normalized spacial score (nSPS) is 33.5. The van der Waals surface area contributed by atoms with Crippen molar-refractivity contribution in [3.8, 4) is 5.75 Å². The molecule has 0 radical (unpaired) electrons. The number of aliphatic hydroxyl groups is 1. The van der Waals surface area contributed by atoms with Crippen LogP contribution in [-0.2, 0) is 6.42 Å². The number of aromatic hydroxyl groups is 1. The summed E-state index contributed by atoms with van der Waals surface area (Å²) in [5.74, 6) is 3.18. The summed E-state index contributed by atoms with van der Waals surface area (Å²) >= 11 is 2.49. The Labute approximate surface area is 210 Å². The lowest BCUT2D eigenvalue weighted by Gasteiger charge is -2.53. The van der Waals surface area contributed by atoms with Crippen LogP contribution in [0.3, 0.4) is 0 Å². The zero-order valence-corrected chi connectivity index (χ0v) is 22.4. The number of halogens is 1. The highest BCUT2D eigenvalue weighted by atomic mass is 127. The lowest BCUT2D eigenvalue weighted by atomic mass is 9.52. The van der Waals surface area contributed by atoms with Crippen molar-refractivity contribution in [2.45, 2.75) is 115 Å². The third-order valence-corrected chi connectivity index (χ3v) is 10.3. The van der Waals surface area contributed by atoms with E-state index in [2.05, 4.69) is 35.6 Å². The van der Waals surface area contributed by atoms with Gasteiger partial charge in [-0.15, -0.1) is 0 Å². The quantitative estimate of drug-likeness (QED) is 0.165. The summed E-state index contributed by atoms with van der Waals surface area (Å²) < 4.78 is 1.31. The van der Waals surface area contributed by atoms with E-state index in [1.807, 2.05) is 12.1 Å². The third kappa shape index (κ3) is 5.34. The lowest BCUT2D eigenvalue weighted by Crippen LogP contribution is -2.47. The van der Waals surface area contributed by atoms with Crippen LogP contribution in [0.15, 0.2) is 18.2 Å². The van der Waals surface area contributed by atoms with Gasteiger partial charge in [-0.1, -0.05) is 86.9 Å². The Bertz CT molecular complexity index is 734. The zero-order chi connectivity index (χ0) is 22.6. The Hall–Kier alpha value is -0.290. The van der Waals surface area contributed by atoms with Gasteiger partial charge in [-0.2, -0.15) is 0 Å². The standard InChI is InChI=1S/C29H45IO2/c1-29-17-16-25-24-13-12-23(31)20-22(24)19-21(28(25)26(29)14-15-27(29)32)11-9-7-5-3-2-4-6-8-10-18-30/h12-13,20-21,25-28,31-32H,2-11,14-19H2,1H3/t21-,25-,26+,27+,28-,29+/m1/s1. The smallest absolute Gasteiger partial charge is 0.115 e. The molecule has 3 aliphatic rings. The maximum atomic E-state index is 10.8. The average molecular weight is 553 g/mol. The van der Waals surface area contributed by atoms with Crippen molar-refractivity contribution in [2.75, 3.05) is 4.43 Å². The van der Waals surface area contributed by atoms with Gasteiger partial charge in [-0.3, -0.25) is 0 Å². The van der Waals surface area contributed by atoms with Crippen molar-refractivity contribution in [2.24, 2.45) is 23.2 Å². The highest BCUT2D eigenvalue weighted by molar-refractivity contribution is 14.1. The van der Waals surface area contributed by atoms with E-state index >= 15 is 0 Å². The van der Waals surface area contributed by atoms with Gasteiger partial charge in [-0.25, -0.2) is 0 Å². The van der Waals surface area contributed by atoms with Crippen LogP contribution in [0.2, 0.25) is 0 Å². The van der Waals surface area contributed by atoms with Crippen LogP contribution in [0.5, 0.6) is 5.75 Å². The molecule has 0 spiro atoms. The second kappa shape index (κ2) is 11.4. The molecule has 6 atom stereocenters. The first-order valence-electron chi connectivity index (χ1n) is 13.6. The molecule has 2 fully saturated rings. The minimum absolute atomic E-state index is 0.104. The number of unbranched alkanes of at least 4 members (excludes halogenated alkanes) is 8. The molecule has 32 heavy (non-hydrogen) atoms. The molecule has 0 unspecified atom stereocenters. The maximum Gasteiger partial charge on any atom is 0.115 e. The van der Waals surface area contributed by atoms with Crippen LogP contribution in [0.1, 0.15) is 114 Å². The van der Waals surface area contributed by atoms with Gasteiger partial charge in [0.25, 0.3) is 0 Å². The van der Waals surface area contributed by atoms with Gasteiger partial charge in [0, 0.05) is 0 Å². The molecular weight excluding hydrogens is 507 g/mol. The Morgan fingerprint density at radius 3 is 2.34 bits per heavy atom. The largest absolute Gasteiger partial charge is 0.508 e. The SMILES string of the molecule is C[C@]12CC[C@@H]3c4ccc(O)cc4C[C@@H](CCCCCCCCCCCI)[C@H]3[C@@H]1CC[C@@H]2O. The number of hydrogen-bond donors (Lipinski definition) is 2. The van der Waals surface area contributed by atoms with Crippen molar-refractivity contribution in [3.05, 3.63) is 29.3 Å². The molecule has 1 aromatic carbocycles. The molecule has 0 bridgehead atoms. The summed E-state index contributed by atoms with van der Waals surface area (Å²) in [5.41, 5.74) is 3.05. The molecule has 4 rings (SSSR count). The fourth-order valence-corrected chi connectivity index (χ4v) is 8.31. The van der Waals surface area contributed by atoms with Crippen molar-refractivity contribution < 1.29 is 10.2 Å². The van der Waals surface area contributed by atoms with E-state index in [0.29, 0.717) is 17.6 Å². The number of hydrogen-bond acceptors (Lipinski definition) is 2. The van der Waals surface area contributed by atoms with Crippen molar-refractivity contribution in [1.82, 2.24) is 0 Å². The monoisotopic (exact) mass is 552 g/mol. The molecule has 0 heterocycles. The second-order valence-corrected chi connectivity index (χ2v) is 12.5. The van der Waals surface area contributed by atoms with Gasteiger partial charge in [-0.05, 0) is 102 Å². The van der Waals surface area contributed by atoms with E-state index in [0.717, 1.165) is 31.1 Å². The number of alkyl halides is 1. The van der Waals surface area contributed by atoms with E-state index < -0.39 is 0 Å². The van der Waals surface area contributed by atoms with Gasteiger partial charge in [0.15, 0.2) is 0 Å². The highest BCUT2D eigenvalue weighted by Gasteiger charge is 2.56. The summed E-state index contributed by atoms with van der Waals surface area (Å²) in [7, 11) is 0. The number of benzene rings is 1. The molecule has 180 valence electrons. The maximum absolute atomic E-state index is 10.8. The number of phenolic OH excluding ortho intramolecular Hbond substituents is 1. The van der Waals surface area contributed by atoms with Crippen molar-refractivity contribution in [3.63, 3.8) is 0 Å². The van der Waals surface area contributed by atoms with Gasteiger partial charge >= 0.3 is 0 Å². The molecule has 0 aliphatic heterocycles. The predicted octanol–water partition coefficient (Wildman–Crippen LogP) is 8.17. The van der Waals surface area contributed by atoms with Crippen LogP contribution >= 0.6 is 22.6 Å². The highest BCUT2D eigenvalue weighted by Crippen LogP contribution is 2.62. The van der Waals surface area contributed by atoms with Gasteiger partial charge in [0.2, 0.25) is 0 Å². The first-order valence-corrected chi connectivity index (χ1v) is 15.1. The number of fused-ring (bicyclic) bond motifs is 5. The van der Waals surface area contributed by atoms with Gasteiger partial charge in [0.05, 0.1) is 6.10 Å². The first-order chi connectivity index (χ1) is 15.5. The van der Waals surface area contributed by atoms with E-state index in [4.69, 9.17) is 0 Å². The fraction of sp³-hybridized carbons (Fsp3) is 0.793. The van der Waals surface area contributed by atoms with Crippen LogP contribution in [0.4, 0.5) is 0 Å². The van der Waals surface area contributed by atoms with E-state index in [1.165, 1.54) is 92.6 Å². The van der Waals surface area contributed by atoms with Crippen LogP contribution in [-0.4, -0.2) is 20.7 Å². The van der Waals surface area contributed by atoms with Crippen LogP contribution in [0.25, 0.3) is 0 Å². The number of phenols is 1. The number of rotatable bonds is 11. The average Bonchev–Trinajstić information content (AvgIpc) is 3.09. The summed E-state index contributed by atoms with van der Waals surface area (Å²) in [6.45, 7) is 2.38. The van der Waals surface area contributed by atoms with E-state index in [9.17, 15) is 10.2 Å². The summed E-state index contributed by atoms with van der Waals surface area (Å²) in [5, 5.41) is 21.0. The van der Waals surface area contributed by atoms with E-state index in [1.54, 1.807) is 0 Å². The molecule has 0 amide bonds. The molecule has 2 nitrogen and oxygen atoms in total.